The van der Waals surface area contributed by atoms with Gasteiger partial charge in [0.15, 0.2) is 0 Å². The number of carbonyl (C=O) groups is 4. The lowest BCUT2D eigenvalue weighted by Crippen LogP contribution is -2.51. The molecule has 0 aliphatic heterocycles. The molecular weight excluding hydrogens is 612 g/mol. The Balaban J connectivity index is 1.02. The van der Waals surface area contributed by atoms with Gasteiger partial charge < -0.3 is 9.47 Å². The van der Waals surface area contributed by atoms with Crippen LogP contribution in [0, 0.1) is 58.2 Å². The number of carbonyl (C=O) groups excluding carboxylic acids is 4. The maximum atomic E-state index is 12.8. The van der Waals surface area contributed by atoms with Crippen LogP contribution in [-0.4, -0.2) is 36.2 Å². The summed E-state index contributed by atoms with van der Waals surface area (Å²) in [5, 5.41) is 0. The van der Waals surface area contributed by atoms with Crippen molar-refractivity contribution in [2.75, 3.05) is 6.61 Å². The fourth-order valence-corrected chi connectivity index (χ4v) is 11.7. The van der Waals surface area contributed by atoms with Crippen molar-refractivity contribution in [3.05, 3.63) is 11.6 Å². The van der Waals surface area contributed by atoms with E-state index in [9.17, 15) is 19.2 Å². The molecule has 5 aliphatic rings. The Labute approximate surface area is 297 Å². The lowest BCUT2D eigenvalue weighted by Gasteiger charge is -2.58. The van der Waals surface area contributed by atoms with Crippen molar-refractivity contribution in [2.24, 2.45) is 58.2 Å². The highest BCUT2D eigenvalue weighted by Gasteiger charge is 2.59. The number of unbranched alkanes of at least 4 members (excludes halogenated alkanes) is 3. The van der Waals surface area contributed by atoms with E-state index in [4.69, 9.17) is 9.47 Å². The van der Waals surface area contributed by atoms with Crippen LogP contribution in [0.25, 0.3) is 0 Å². The van der Waals surface area contributed by atoms with Gasteiger partial charge in [-0.3, -0.25) is 19.2 Å². The molecule has 49 heavy (non-hydrogen) atoms. The first-order chi connectivity index (χ1) is 23.4. The summed E-state index contributed by atoms with van der Waals surface area (Å²) in [5.74, 6) is 3.20. The van der Waals surface area contributed by atoms with E-state index < -0.39 is 11.9 Å². The fraction of sp³-hybridized carbons (Fsp3) is 0.860. The van der Waals surface area contributed by atoms with Crippen LogP contribution in [0.5, 0.6) is 0 Å². The fourth-order valence-electron chi connectivity index (χ4n) is 11.7. The molecule has 5 rings (SSSR count). The zero-order valence-electron chi connectivity index (χ0n) is 31.9. The molecule has 0 heterocycles. The Hall–Kier alpha value is -1.98. The van der Waals surface area contributed by atoms with E-state index in [2.05, 4.69) is 40.7 Å². The van der Waals surface area contributed by atoms with Crippen LogP contribution in [-0.2, 0) is 28.7 Å². The van der Waals surface area contributed by atoms with Crippen molar-refractivity contribution in [3.63, 3.8) is 0 Å². The minimum atomic E-state index is -0.772. The summed E-state index contributed by atoms with van der Waals surface area (Å²) in [5.41, 5.74) is 2.34. The van der Waals surface area contributed by atoms with Gasteiger partial charge in [-0.1, -0.05) is 78.4 Å². The molecule has 0 spiro atoms. The average molecular weight is 681 g/mol. The average Bonchev–Trinajstić information content (AvgIpc) is 3.62. The molecule has 5 aliphatic carbocycles. The van der Waals surface area contributed by atoms with Crippen LogP contribution < -0.4 is 0 Å². The quantitative estimate of drug-likeness (QED) is 0.0698. The predicted octanol–water partition coefficient (Wildman–Crippen LogP) is 10.0. The van der Waals surface area contributed by atoms with Crippen LogP contribution in [0.1, 0.15) is 164 Å². The van der Waals surface area contributed by atoms with Gasteiger partial charge in [0, 0.05) is 31.6 Å². The third-order valence-corrected chi connectivity index (χ3v) is 14.5. The molecule has 4 fully saturated rings. The molecule has 276 valence electrons. The number of rotatable bonds is 16. The summed E-state index contributed by atoms with van der Waals surface area (Å²) in [4.78, 5) is 49.6. The largest absolute Gasteiger partial charge is 0.465 e. The molecule has 4 saturated carbocycles. The molecule has 0 bridgehead atoms. The smallest absolute Gasteiger partial charge is 0.316 e. The minimum absolute atomic E-state index is 0.00459. The Morgan fingerprint density at radius 2 is 1.63 bits per heavy atom. The number of hydrogen-bond donors (Lipinski definition) is 0. The standard InChI is InChI=1S/C43H68O6/c1-7-48-41(47)34-25-30(26-39(34)45)38(44)15-10-8-9-11-16-40(46)49-32-21-23-42(5)31(27-32)17-18-33-36-20-19-35(29(4)14-12-13-28(2)3)43(36,6)24-22-37(33)42/h17,28-30,32-37H,7-16,18-27H2,1-6H3/t29?,30?,32-,33?,34?,35+,36?,37?,42-,43+/m0/s1. The first-order valence-corrected chi connectivity index (χ1v) is 20.5. The molecule has 0 aromatic carbocycles. The Kier molecular flexibility index (Phi) is 12.9. The molecular formula is C43H68O6. The van der Waals surface area contributed by atoms with E-state index in [1.165, 1.54) is 51.4 Å². The highest BCUT2D eigenvalue weighted by Crippen LogP contribution is 2.67. The third-order valence-electron chi connectivity index (χ3n) is 14.5. The van der Waals surface area contributed by atoms with E-state index >= 15 is 0 Å². The predicted molar refractivity (Wildman–Crippen MR) is 193 cm³/mol. The van der Waals surface area contributed by atoms with E-state index in [0.717, 1.165) is 80.5 Å². The Morgan fingerprint density at radius 3 is 2.37 bits per heavy atom. The normalized spacial score (nSPS) is 36.0. The maximum absolute atomic E-state index is 12.8. The lowest BCUT2D eigenvalue weighted by molar-refractivity contribution is -0.152. The monoisotopic (exact) mass is 681 g/mol. The second kappa shape index (κ2) is 16.6. The van der Waals surface area contributed by atoms with Gasteiger partial charge in [-0.05, 0) is 117 Å². The molecule has 6 unspecified atom stereocenters. The molecule has 0 aromatic rings. The van der Waals surface area contributed by atoms with Crippen LogP contribution in [0.3, 0.4) is 0 Å². The number of Topliss-reactive ketones (excluding diaryl/α,β-unsaturated/α-hetero) is 2. The van der Waals surface area contributed by atoms with Crippen molar-refractivity contribution in [3.8, 4) is 0 Å². The van der Waals surface area contributed by atoms with E-state index in [-0.39, 0.29) is 48.0 Å². The van der Waals surface area contributed by atoms with E-state index in [0.29, 0.717) is 24.7 Å². The SMILES string of the molecule is CCOC(=O)C1CC(C(=O)CCCCCCC(=O)O[C@H]2CC[C@@]3(C)C(=CCC4C3CC[C@@]3(C)C4CC[C@@H]3C(C)CCCC(C)C)C2)CC1=O. The number of hydrogen-bond acceptors (Lipinski definition) is 6. The van der Waals surface area contributed by atoms with Crippen molar-refractivity contribution in [2.45, 2.75) is 170 Å². The molecule has 6 heteroatoms. The first-order valence-electron chi connectivity index (χ1n) is 20.5. The number of esters is 2. The highest BCUT2D eigenvalue weighted by molar-refractivity contribution is 6.03. The summed E-state index contributed by atoms with van der Waals surface area (Å²) in [6.07, 6.45) is 21.2. The maximum Gasteiger partial charge on any atom is 0.316 e. The number of ketones is 2. The summed E-state index contributed by atoms with van der Waals surface area (Å²) < 4.78 is 11.0. The second-order valence-corrected chi connectivity index (χ2v) is 17.9. The van der Waals surface area contributed by atoms with Crippen molar-refractivity contribution in [1.29, 1.82) is 0 Å². The van der Waals surface area contributed by atoms with Crippen molar-refractivity contribution < 1.29 is 28.7 Å². The van der Waals surface area contributed by atoms with E-state index in [1.807, 2.05) is 0 Å². The topological polar surface area (TPSA) is 86.7 Å². The van der Waals surface area contributed by atoms with Gasteiger partial charge >= 0.3 is 11.9 Å². The zero-order valence-corrected chi connectivity index (χ0v) is 31.9. The van der Waals surface area contributed by atoms with Crippen LogP contribution in [0.4, 0.5) is 0 Å². The molecule has 0 amide bonds. The molecule has 6 nitrogen and oxygen atoms in total. The highest BCUT2D eigenvalue weighted by atomic mass is 16.5. The number of ether oxygens (including phenoxy) is 2. The molecule has 10 atom stereocenters. The summed E-state index contributed by atoms with van der Waals surface area (Å²) >= 11 is 0. The Bertz CT molecular complexity index is 1220. The summed E-state index contributed by atoms with van der Waals surface area (Å²) in [7, 11) is 0. The molecule has 0 aromatic heterocycles. The second-order valence-electron chi connectivity index (χ2n) is 17.9. The summed E-state index contributed by atoms with van der Waals surface area (Å²) in [6.45, 7) is 14.5. The third kappa shape index (κ3) is 8.57. The first kappa shape index (κ1) is 38.3. The van der Waals surface area contributed by atoms with Crippen LogP contribution in [0.2, 0.25) is 0 Å². The van der Waals surface area contributed by atoms with Gasteiger partial charge in [0.2, 0.25) is 0 Å². The molecule has 0 saturated heterocycles. The van der Waals surface area contributed by atoms with Crippen LogP contribution >= 0.6 is 0 Å². The minimum Gasteiger partial charge on any atom is -0.465 e. The molecule has 0 N–H and O–H groups in total. The van der Waals surface area contributed by atoms with E-state index in [1.54, 1.807) is 12.5 Å². The summed E-state index contributed by atoms with van der Waals surface area (Å²) in [6, 6.07) is 0. The van der Waals surface area contributed by atoms with Gasteiger partial charge in [-0.15, -0.1) is 0 Å². The molecule has 0 radical (unpaired) electrons. The zero-order chi connectivity index (χ0) is 35.3. The van der Waals surface area contributed by atoms with Gasteiger partial charge in [-0.25, -0.2) is 0 Å². The Morgan fingerprint density at radius 1 is 0.878 bits per heavy atom. The number of allylic oxidation sites excluding steroid dienone is 1. The van der Waals surface area contributed by atoms with Gasteiger partial charge in [0.25, 0.3) is 0 Å². The van der Waals surface area contributed by atoms with Gasteiger partial charge in [0.1, 0.15) is 23.6 Å². The van der Waals surface area contributed by atoms with Gasteiger partial charge in [0.05, 0.1) is 6.61 Å². The van der Waals surface area contributed by atoms with Crippen LogP contribution in [0.15, 0.2) is 11.6 Å². The lowest BCUT2D eigenvalue weighted by atomic mass is 9.47. The van der Waals surface area contributed by atoms with Crippen molar-refractivity contribution >= 4 is 23.5 Å². The number of fused-ring (bicyclic) bond motifs is 5. The van der Waals surface area contributed by atoms with Gasteiger partial charge in [-0.2, -0.15) is 0 Å². The van der Waals surface area contributed by atoms with Crippen molar-refractivity contribution in [1.82, 2.24) is 0 Å².